The Bertz CT molecular complexity index is 840. The van der Waals surface area contributed by atoms with Gasteiger partial charge in [0.1, 0.15) is 5.76 Å². The maximum absolute atomic E-state index is 12.2. The van der Waals surface area contributed by atoms with Gasteiger partial charge in [-0.15, -0.1) is 0 Å². The van der Waals surface area contributed by atoms with Gasteiger partial charge in [0, 0.05) is 44.5 Å². The number of rotatable bonds is 5. The zero-order chi connectivity index (χ0) is 20.1. The molecule has 0 radical (unpaired) electrons. The van der Waals surface area contributed by atoms with Crippen LogP contribution in [0.3, 0.4) is 0 Å². The number of carbonyl (C=O) groups excluding carboxylic acids is 2. The van der Waals surface area contributed by atoms with Crippen molar-refractivity contribution in [3.63, 3.8) is 0 Å². The summed E-state index contributed by atoms with van der Waals surface area (Å²) >= 11 is 0. The van der Waals surface area contributed by atoms with Crippen molar-refractivity contribution < 1.29 is 14.1 Å². The molecule has 1 aromatic carbocycles. The fourth-order valence-corrected chi connectivity index (χ4v) is 3.30. The van der Waals surface area contributed by atoms with E-state index in [4.69, 9.17) is 4.52 Å². The van der Waals surface area contributed by atoms with E-state index in [0.717, 1.165) is 55.3 Å². The molecule has 2 N–H and O–H groups in total. The summed E-state index contributed by atoms with van der Waals surface area (Å²) in [5, 5.41) is 9.15. The van der Waals surface area contributed by atoms with Crippen LogP contribution in [-0.2, 0) is 11.3 Å². The molecule has 2 heterocycles. The molecule has 1 saturated heterocycles. The smallest absolute Gasteiger partial charge is 0.325 e. The maximum atomic E-state index is 12.2. The largest absolute Gasteiger partial charge is 0.361 e. The average Bonchev–Trinajstić information content (AvgIpc) is 3.04. The van der Waals surface area contributed by atoms with Gasteiger partial charge in [0.15, 0.2) is 0 Å². The van der Waals surface area contributed by atoms with Gasteiger partial charge in [-0.1, -0.05) is 22.9 Å². The first-order valence-corrected chi connectivity index (χ1v) is 9.44. The highest BCUT2D eigenvalue weighted by molar-refractivity contribution is 6.02. The molecule has 150 valence electrons. The third-order valence-corrected chi connectivity index (χ3v) is 4.78. The number of benzene rings is 1. The van der Waals surface area contributed by atoms with E-state index in [2.05, 4.69) is 20.7 Å². The van der Waals surface area contributed by atoms with Gasteiger partial charge in [0.2, 0.25) is 5.91 Å². The van der Waals surface area contributed by atoms with Crippen LogP contribution in [0.1, 0.15) is 22.6 Å². The Labute approximate surface area is 164 Å². The number of carbonyl (C=O) groups is 2. The number of urea groups is 1. The van der Waals surface area contributed by atoms with Crippen LogP contribution in [0.15, 0.2) is 28.8 Å². The van der Waals surface area contributed by atoms with Crippen molar-refractivity contribution in [1.82, 2.24) is 20.3 Å². The van der Waals surface area contributed by atoms with Crippen molar-refractivity contribution >= 4 is 17.6 Å². The van der Waals surface area contributed by atoms with Crippen molar-refractivity contribution in [2.24, 2.45) is 0 Å². The quantitative estimate of drug-likeness (QED) is 0.819. The van der Waals surface area contributed by atoms with Crippen LogP contribution in [0.25, 0.3) is 0 Å². The first-order chi connectivity index (χ1) is 13.4. The number of aryl methyl sites for hydroxylation is 3. The minimum Gasteiger partial charge on any atom is -0.361 e. The Balaban J connectivity index is 1.39. The van der Waals surface area contributed by atoms with Crippen molar-refractivity contribution in [3.8, 4) is 0 Å². The highest BCUT2D eigenvalue weighted by Gasteiger charge is 2.20. The number of hydrogen-bond donors (Lipinski definition) is 2. The zero-order valence-electron chi connectivity index (χ0n) is 16.6. The molecular weight excluding hydrogens is 358 g/mol. The molecule has 1 aliphatic rings. The Morgan fingerprint density at radius 3 is 2.43 bits per heavy atom. The highest BCUT2D eigenvalue weighted by Crippen LogP contribution is 2.15. The number of hydrogen-bond acceptors (Lipinski definition) is 6. The molecule has 8 heteroatoms. The number of nitrogens with zero attached hydrogens (tertiary/aromatic N) is 3. The maximum Gasteiger partial charge on any atom is 0.325 e. The first-order valence-electron chi connectivity index (χ1n) is 9.44. The molecule has 0 unspecified atom stereocenters. The van der Waals surface area contributed by atoms with Crippen LogP contribution in [0.5, 0.6) is 0 Å². The Morgan fingerprint density at radius 2 is 1.79 bits per heavy atom. The lowest BCUT2D eigenvalue weighted by Gasteiger charge is -2.33. The SMILES string of the molecule is Cc1ccc(NC(=O)NC(=O)CN2CCN(Cc3cc(C)on3)CC2)c(C)c1. The summed E-state index contributed by atoms with van der Waals surface area (Å²) < 4.78 is 5.09. The molecule has 0 atom stereocenters. The Kier molecular flexibility index (Phi) is 6.43. The normalized spacial score (nSPS) is 15.4. The van der Waals surface area contributed by atoms with Crippen LogP contribution in [-0.4, -0.2) is 59.6 Å². The predicted molar refractivity (Wildman–Crippen MR) is 106 cm³/mol. The van der Waals surface area contributed by atoms with E-state index in [1.807, 2.05) is 49.9 Å². The lowest BCUT2D eigenvalue weighted by Crippen LogP contribution is -2.50. The minimum absolute atomic E-state index is 0.206. The van der Waals surface area contributed by atoms with Crippen LogP contribution < -0.4 is 10.6 Å². The molecule has 1 aromatic heterocycles. The molecule has 0 saturated carbocycles. The van der Waals surface area contributed by atoms with E-state index in [0.29, 0.717) is 5.69 Å². The second-order valence-corrected chi connectivity index (χ2v) is 7.30. The second-order valence-electron chi connectivity index (χ2n) is 7.30. The van der Waals surface area contributed by atoms with Gasteiger partial charge in [-0.25, -0.2) is 4.79 Å². The minimum atomic E-state index is -0.503. The number of nitrogens with one attached hydrogen (secondary N) is 2. The van der Waals surface area contributed by atoms with Crippen LogP contribution >= 0.6 is 0 Å². The van der Waals surface area contributed by atoms with Crippen LogP contribution in [0.4, 0.5) is 10.5 Å². The van der Waals surface area contributed by atoms with Gasteiger partial charge in [-0.2, -0.15) is 0 Å². The molecule has 8 nitrogen and oxygen atoms in total. The standard InChI is InChI=1S/C20H27N5O3/c1-14-4-5-18(15(2)10-14)21-20(27)22-19(26)13-25-8-6-24(7-9-25)12-17-11-16(3)28-23-17/h4-5,10-11H,6-9,12-13H2,1-3H3,(H2,21,22,26,27). The Hall–Kier alpha value is -2.71. The summed E-state index contributed by atoms with van der Waals surface area (Å²) in [5.74, 6) is 0.507. The van der Waals surface area contributed by atoms with Crippen molar-refractivity contribution in [2.75, 3.05) is 38.0 Å². The van der Waals surface area contributed by atoms with Crippen molar-refractivity contribution in [2.45, 2.75) is 27.3 Å². The van der Waals surface area contributed by atoms with Crippen molar-refractivity contribution in [1.29, 1.82) is 0 Å². The van der Waals surface area contributed by atoms with Crippen molar-refractivity contribution in [3.05, 3.63) is 46.8 Å². The molecule has 2 aromatic rings. The van der Waals surface area contributed by atoms with E-state index < -0.39 is 6.03 Å². The number of anilines is 1. The highest BCUT2D eigenvalue weighted by atomic mass is 16.5. The van der Waals surface area contributed by atoms with Gasteiger partial charge in [0.05, 0.1) is 12.2 Å². The average molecular weight is 385 g/mol. The van der Waals surface area contributed by atoms with Crippen LogP contribution in [0, 0.1) is 20.8 Å². The van der Waals surface area contributed by atoms with Gasteiger partial charge >= 0.3 is 6.03 Å². The molecule has 28 heavy (non-hydrogen) atoms. The second kappa shape index (κ2) is 8.99. The lowest BCUT2D eigenvalue weighted by atomic mass is 10.1. The third-order valence-electron chi connectivity index (χ3n) is 4.78. The number of amides is 3. The molecule has 3 amide bonds. The molecule has 0 spiro atoms. The molecule has 1 fully saturated rings. The fourth-order valence-electron chi connectivity index (χ4n) is 3.30. The summed E-state index contributed by atoms with van der Waals surface area (Å²) in [6, 6.07) is 7.18. The van der Waals surface area contributed by atoms with E-state index >= 15 is 0 Å². The first kappa shape index (κ1) is 20.0. The molecular formula is C20H27N5O3. The van der Waals surface area contributed by atoms with E-state index in [1.54, 1.807) is 0 Å². The third kappa shape index (κ3) is 5.64. The zero-order valence-corrected chi connectivity index (χ0v) is 16.6. The van der Waals surface area contributed by atoms with Crippen LogP contribution in [0.2, 0.25) is 0 Å². The topological polar surface area (TPSA) is 90.7 Å². The van der Waals surface area contributed by atoms with E-state index in [1.165, 1.54) is 0 Å². The van der Waals surface area contributed by atoms with Gasteiger partial charge in [-0.05, 0) is 32.4 Å². The van der Waals surface area contributed by atoms with E-state index in [9.17, 15) is 9.59 Å². The fraction of sp³-hybridized carbons (Fsp3) is 0.450. The lowest BCUT2D eigenvalue weighted by molar-refractivity contribution is -0.121. The summed E-state index contributed by atoms with van der Waals surface area (Å²) in [7, 11) is 0. The molecule has 1 aliphatic heterocycles. The molecule has 3 rings (SSSR count). The molecule has 0 aliphatic carbocycles. The number of piperazine rings is 1. The summed E-state index contributed by atoms with van der Waals surface area (Å²) in [4.78, 5) is 28.6. The van der Waals surface area contributed by atoms with Gasteiger partial charge in [-0.3, -0.25) is 19.9 Å². The van der Waals surface area contributed by atoms with Gasteiger partial charge in [0.25, 0.3) is 0 Å². The number of imide groups is 1. The summed E-state index contributed by atoms with van der Waals surface area (Å²) in [6.45, 7) is 9.96. The molecule has 0 bridgehead atoms. The summed E-state index contributed by atoms with van der Waals surface area (Å²) in [5.41, 5.74) is 3.71. The van der Waals surface area contributed by atoms with E-state index in [-0.39, 0.29) is 12.5 Å². The predicted octanol–water partition coefficient (Wildman–Crippen LogP) is 2.07. The monoisotopic (exact) mass is 385 g/mol. The Morgan fingerprint density at radius 1 is 1.07 bits per heavy atom. The number of aromatic nitrogens is 1. The summed E-state index contributed by atoms with van der Waals surface area (Å²) in [6.07, 6.45) is 0. The van der Waals surface area contributed by atoms with Gasteiger partial charge < -0.3 is 9.84 Å².